The molecule has 1 heteroatoms. The Bertz CT molecular complexity index is 803. The molecule has 6 atom stereocenters. The summed E-state index contributed by atoms with van der Waals surface area (Å²) in [7, 11) is 0. The van der Waals surface area contributed by atoms with Gasteiger partial charge in [-0.2, -0.15) is 0 Å². The second-order valence-corrected chi connectivity index (χ2v) is 13.6. The summed E-state index contributed by atoms with van der Waals surface area (Å²) in [6.45, 7) is 14.5. The number of hydrogen-bond acceptors (Lipinski definition) is 0. The van der Waals surface area contributed by atoms with Crippen molar-refractivity contribution in [1.82, 2.24) is 0 Å². The Kier molecular flexibility index (Phi) is 11.7. The van der Waals surface area contributed by atoms with E-state index in [1.807, 2.05) is 0 Å². The quantitative estimate of drug-likeness (QED) is 0.302. The van der Waals surface area contributed by atoms with Crippen LogP contribution in [0, 0.1) is 109 Å². The first-order chi connectivity index (χ1) is 18.3. The van der Waals surface area contributed by atoms with Gasteiger partial charge < -0.3 is 0 Å². The third-order valence-electron chi connectivity index (χ3n) is 10.3. The molecule has 0 heterocycles. The van der Waals surface area contributed by atoms with Crippen LogP contribution in [-0.2, 0) is 26.2 Å². The maximum Gasteiger partial charge on any atom is 0.0161 e. The zero-order valence-electron chi connectivity index (χ0n) is 25.3. The van der Waals surface area contributed by atoms with Gasteiger partial charge in [0.1, 0.15) is 0 Å². The van der Waals surface area contributed by atoms with Crippen LogP contribution < -0.4 is 0 Å². The van der Waals surface area contributed by atoms with Crippen molar-refractivity contribution in [3.63, 3.8) is 0 Å². The summed E-state index contributed by atoms with van der Waals surface area (Å²) in [4.78, 5) is 0. The SMILES string of the molecule is CC(C)[C@H]1CC[C@H](C)C[C@H]1[C]1[CH][CH][C]2C=CC=C[C]21.CC(C)[C@H]1CC[C@H](C)C[C@H]1[C]1[CH][CH][C]2C=CC=C[C]21.[Zr]. The molecule has 0 aliphatic heterocycles. The fourth-order valence-corrected chi connectivity index (χ4v) is 8.12. The first-order valence-corrected chi connectivity index (χ1v) is 15.6. The second kappa shape index (κ2) is 14.3. The Morgan fingerprint density at radius 2 is 0.923 bits per heavy atom. The number of rotatable bonds is 4. The van der Waals surface area contributed by atoms with Gasteiger partial charge in [0, 0.05) is 49.9 Å². The Morgan fingerprint density at radius 3 is 1.31 bits per heavy atom. The molecular formula is C38H50Zr. The van der Waals surface area contributed by atoms with Crippen LogP contribution in [0.25, 0.3) is 0 Å². The van der Waals surface area contributed by atoms with Crippen molar-refractivity contribution in [3.05, 3.63) is 110 Å². The molecule has 0 nitrogen and oxygen atoms in total. The van der Waals surface area contributed by atoms with Gasteiger partial charge >= 0.3 is 0 Å². The average molecular weight is 598 g/mol. The van der Waals surface area contributed by atoms with E-state index in [9.17, 15) is 0 Å². The maximum atomic E-state index is 2.43. The van der Waals surface area contributed by atoms with Gasteiger partial charge in [-0.3, -0.25) is 0 Å². The van der Waals surface area contributed by atoms with Gasteiger partial charge in [0.2, 0.25) is 0 Å². The largest absolute Gasteiger partial charge is 0.0762 e. The molecular weight excluding hydrogens is 548 g/mol. The molecule has 6 aliphatic carbocycles. The molecule has 0 saturated heterocycles. The van der Waals surface area contributed by atoms with E-state index in [-0.39, 0.29) is 26.2 Å². The van der Waals surface area contributed by atoms with Crippen LogP contribution in [0.15, 0.2) is 48.6 Å². The molecule has 0 aromatic heterocycles. The van der Waals surface area contributed by atoms with Gasteiger partial charge in [-0.05, 0) is 111 Å². The van der Waals surface area contributed by atoms with Crippen molar-refractivity contribution in [2.24, 2.45) is 47.3 Å². The first kappa shape index (κ1) is 31.8. The van der Waals surface area contributed by atoms with E-state index < -0.39 is 0 Å². The van der Waals surface area contributed by atoms with E-state index >= 15 is 0 Å². The molecule has 4 saturated carbocycles. The molecule has 6 aliphatic rings. The van der Waals surface area contributed by atoms with E-state index in [4.69, 9.17) is 0 Å². The summed E-state index contributed by atoms with van der Waals surface area (Å²) in [5, 5.41) is 0. The van der Waals surface area contributed by atoms with E-state index in [2.05, 4.69) is 116 Å². The van der Waals surface area contributed by atoms with Gasteiger partial charge in [-0.1, -0.05) is 103 Å². The average Bonchev–Trinajstić information content (AvgIpc) is 3.53. The molecule has 0 aromatic carbocycles. The summed E-state index contributed by atoms with van der Waals surface area (Å²) >= 11 is 0. The fraction of sp³-hybridized carbons (Fsp3) is 0.526. The predicted octanol–water partition coefficient (Wildman–Crippen LogP) is 9.93. The normalized spacial score (nSPS) is 36.2. The zero-order chi connectivity index (χ0) is 26.8. The molecule has 6 rings (SSSR count). The van der Waals surface area contributed by atoms with Crippen LogP contribution in [0.2, 0.25) is 0 Å². The van der Waals surface area contributed by atoms with Crippen molar-refractivity contribution in [2.45, 2.75) is 80.1 Å². The van der Waals surface area contributed by atoms with E-state index in [0.29, 0.717) is 0 Å². The standard InChI is InChI=1S/2C19H25.Zr/c2*1-13(2)16-10-8-14(3)12-19(16)18-11-9-15-6-4-5-7-17(15)18;/h2*4-7,9,11,13-14,16,19H,8,10,12H2,1-3H3;/t2*14-,16+,19+;/m00./s1. The number of fused-ring (bicyclic) bond motifs is 2. The van der Waals surface area contributed by atoms with Crippen molar-refractivity contribution in [1.29, 1.82) is 0 Å². The summed E-state index contributed by atoms with van der Waals surface area (Å²) in [5.41, 5.74) is 0. The smallest absolute Gasteiger partial charge is 0.0161 e. The Labute approximate surface area is 262 Å². The molecule has 0 bridgehead atoms. The van der Waals surface area contributed by atoms with Crippen molar-refractivity contribution >= 4 is 0 Å². The molecule has 0 aromatic rings. The van der Waals surface area contributed by atoms with Gasteiger partial charge in [0.15, 0.2) is 0 Å². The Hall–Kier alpha value is -0.157. The molecule has 0 N–H and O–H groups in total. The minimum Gasteiger partial charge on any atom is -0.0762 e. The van der Waals surface area contributed by atoms with Crippen LogP contribution in [0.4, 0.5) is 0 Å². The topological polar surface area (TPSA) is 0 Å². The maximum absolute atomic E-state index is 2.43. The van der Waals surface area contributed by atoms with Crippen LogP contribution in [0.3, 0.4) is 0 Å². The van der Waals surface area contributed by atoms with Crippen molar-refractivity contribution in [3.8, 4) is 0 Å². The zero-order valence-corrected chi connectivity index (χ0v) is 27.7. The summed E-state index contributed by atoms with van der Waals surface area (Å²) in [6, 6.07) is 0. The molecule has 39 heavy (non-hydrogen) atoms. The molecule has 0 spiro atoms. The Balaban J connectivity index is 0.000000176. The van der Waals surface area contributed by atoms with Gasteiger partial charge in [0.25, 0.3) is 0 Å². The van der Waals surface area contributed by atoms with Crippen LogP contribution in [0.5, 0.6) is 0 Å². The van der Waals surface area contributed by atoms with Crippen LogP contribution >= 0.6 is 0 Å². The molecule has 206 valence electrons. The number of hydrogen-bond donors (Lipinski definition) is 0. The molecule has 0 unspecified atom stereocenters. The second-order valence-electron chi connectivity index (χ2n) is 13.6. The third-order valence-corrected chi connectivity index (χ3v) is 10.3. The van der Waals surface area contributed by atoms with Crippen molar-refractivity contribution < 1.29 is 26.2 Å². The van der Waals surface area contributed by atoms with Crippen LogP contribution in [0.1, 0.15) is 80.1 Å². The Morgan fingerprint density at radius 1 is 0.538 bits per heavy atom. The third kappa shape index (κ3) is 7.26. The molecule has 4 fully saturated rings. The van der Waals surface area contributed by atoms with Gasteiger partial charge in [0.05, 0.1) is 0 Å². The first-order valence-electron chi connectivity index (χ1n) is 15.6. The molecule has 10 radical (unpaired) electrons. The minimum absolute atomic E-state index is 0. The van der Waals surface area contributed by atoms with E-state index in [0.717, 1.165) is 47.3 Å². The summed E-state index contributed by atoms with van der Waals surface area (Å²) < 4.78 is 0. The fourth-order valence-electron chi connectivity index (χ4n) is 8.12. The summed E-state index contributed by atoms with van der Waals surface area (Å²) in [5.74, 6) is 15.7. The van der Waals surface area contributed by atoms with Crippen molar-refractivity contribution in [2.75, 3.05) is 0 Å². The molecule has 0 amide bonds. The van der Waals surface area contributed by atoms with Gasteiger partial charge in [-0.15, -0.1) is 0 Å². The summed E-state index contributed by atoms with van der Waals surface area (Å²) in [6.07, 6.45) is 35.5. The number of allylic oxidation sites excluding steroid dienone is 8. The minimum atomic E-state index is 0. The monoisotopic (exact) mass is 596 g/mol. The predicted molar refractivity (Wildman–Crippen MR) is 163 cm³/mol. The van der Waals surface area contributed by atoms with E-state index in [1.165, 1.54) is 62.2 Å². The van der Waals surface area contributed by atoms with E-state index in [1.54, 1.807) is 11.8 Å². The van der Waals surface area contributed by atoms with Gasteiger partial charge in [-0.25, -0.2) is 0 Å². The van der Waals surface area contributed by atoms with Crippen LogP contribution in [-0.4, -0.2) is 0 Å².